The Morgan fingerprint density at radius 1 is 0.931 bits per heavy atom. The van der Waals surface area contributed by atoms with Gasteiger partial charge in [0, 0.05) is 24.2 Å². The molecule has 3 aromatic rings. The summed E-state index contributed by atoms with van der Waals surface area (Å²) in [6.07, 6.45) is 1.21. The molecule has 0 radical (unpaired) electrons. The number of aromatic nitrogens is 1. The highest BCUT2D eigenvalue weighted by atomic mass is 16.2. The van der Waals surface area contributed by atoms with Gasteiger partial charge in [0.1, 0.15) is 11.2 Å². The van der Waals surface area contributed by atoms with Crippen molar-refractivity contribution in [3.05, 3.63) is 72.4 Å². The minimum atomic E-state index is -0.588. The second-order valence-electron chi connectivity index (χ2n) is 7.64. The maximum atomic E-state index is 13.0. The summed E-state index contributed by atoms with van der Waals surface area (Å²) in [5, 5.41) is 4.01. The summed E-state index contributed by atoms with van der Waals surface area (Å²) in [6, 6.07) is 21.5. The third-order valence-corrected chi connectivity index (χ3v) is 6.10. The summed E-state index contributed by atoms with van der Waals surface area (Å²) < 4.78 is 0. The van der Waals surface area contributed by atoms with Crippen molar-refractivity contribution in [1.82, 2.24) is 15.2 Å². The summed E-state index contributed by atoms with van der Waals surface area (Å²) in [7, 11) is 0. The summed E-state index contributed by atoms with van der Waals surface area (Å²) in [5.41, 5.74) is 1.71. The highest BCUT2D eigenvalue weighted by molar-refractivity contribution is 5.96. The van der Waals surface area contributed by atoms with Crippen LogP contribution in [0.5, 0.6) is 0 Å². The molecule has 0 atom stereocenters. The second kappa shape index (κ2) is 6.88. The van der Waals surface area contributed by atoms with E-state index >= 15 is 0 Å². The van der Waals surface area contributed by atoms with Crippen LogP contribution in [-0.4, -0.2) is 47.0 Å². The number of anilines is 1. The number of amides is 2. The van der Waals surface area contributed by atoms with Crippen molar-refractivity contribution < 1.29 is 9.59 Å². The Hall–Kier alpha value is -3.41. The number of benzene rings is 2. The summed E-state index contributed by atoms with van der Waals surface area (Å²) in [5.74, 6) is -0.0208. The van der Waals surface area contributed by atoms with Crippen molar-refractivity contribution in [3.8, 4) is 0 Å². The molecule has 2 fully saturated rings. The molecule has 1 aromatic heterocycles. The van der Waals surface area contributed by atoms with Crippen molar-refractivity contribution in [1.29, 1.82) is 0 Å². The Morgan fingerprint density at radius 2 is 1.66 bits per heavy atom. The summed E-state index contributed by atoms with van der Waals surface area (Å²) in [6.45, 7) is 1.57. The van der Waals surface area contributed by atoms with E-state index in [1.165, 1.54) is 0 Å². The molecule has 2 aliphatic heterocycles. The van der Waals surface area contributed by atoms with E-state index in [1.54, 1.807) is 6.07 Å². The topological polar surface area (TPSA) is 65.5 Å². The van der Waals surface area contributed by atoms with E-state index in [4.69, 9.17) is 0 Å². The molecule has 2 amide bonds. The normalized spacial score (nSPS) is 18.3. The first-order valence-corrected chi connectivity index (χ1v) is 9.93. The van der Waals surface area contributed by atoms with E-state index in [0.717, 1.165) is 16.6 Å². The number of hydrogen-bond donors (Lipinski definition) is 1. The molecule has 0 unspecified atom stereocenters. The van der Waals surface area contributed by atoms with Gasteiger partial charge in [0.15, 0.2) is 0 Å². The van der Waals surface area contributed by atoms with Crippen molar-refractivity contribution in [2.45, 2.75) is 18.4 Å². The standard InChI is InChI=1S/C23H22N4O2/c28-21(20-11-10-17-6-4-5-9-19(17)25-20)26-14-12-23(13-15-26)22(29)24-16-27(23)18-7-2-1-3-8-18/h1-11H,12-16H2,(H,24,29). The van der Waals surface area contributed by atoms with Gasteiger partial charge in [-0.2, -0.15) is 0 Å². The van der Waals surface area contributed by atoms with Crippen LogP contribution < -0.4 is 10.2 Å². The Morgan fingerprint density at radius 3 is 2.45 bits per heavy atom. The molecule has 2 aliphatic rings. The highest BCUT2D eigenvalue weighted by Crippen LogP contribution is 2.36. The average Bonchev–Trinajstić information content (AvgIpc) is 3.09. The average molecular weight is 386 g/mol. The maximum absolute atomic E-state index is 13.0. The van der Waals surface area contributed by atoms with Crippen LogP contribution >= 0.6 is 0 Å². The Balaban J connectivity index is 1.36. The fraction of sp³-hybridized carbons (Fsp3) is 0.261. The third-order valence-electron chi connectivity index (χ3n) is 6.10. The lowest BCUT2D eigenvalue weighted by molar-refractivity contribution is -0.124. The monoisotopic (exact) mass is 386 g/mol. The quantitative estimate of drug-likeness (QED) is 0.736. The number of nitrogens with one attached hydrogen (secondary N) is 1. The van der Waals surface area contributed by atoms with Gasteiger partial charge in [-0.05, 0) is 37.1 Å². The summed E-state index contributed by atoms with van der Waals surface area (Å²) >= 11 is 0. The molecule has 6 heteroatoms. The molecule has 5 rings (SSSR count). The number of fused-ring (bicyclic) bond motifs is 1. The molecule has 2 aromatic carbocycles. The molecule has 0 aliphatic carbocycles. The van der Waals surface area contributed by atoms with Crippen molar-refractivity contribution in [3.63, 3.8) is 0 Å². The number of hydrogen-bond acceptors (Lipinski definition) is 4. The van der Waals surface area contributed by atoms with Crippen molar-refractivity contribution >= 4 is 28.4 Å². The largest absolute Gasteiger partial charge is 0.339 e. The minimum Gasteiger partial charge on any atom is -0.339 e. The first-order valence-electron chi connectivity index (χ1n) is 9.93. The number of carbonyl (C=O) groups is 2. The fourth-order valence-electron chi connectivity index (χ4n) is 4.46. The van der Waals surface area contributed by atoms with E-state index in [0.29, 0.717) is 38.3 Å². The fourth-order valence-corrected chi connectivity index (χ4v) is 4.46. The van der Waals surface area contributed by atoms with Crippen molar-refractivity contribution in [2.75, 3.05) is 24.7 Å². The van der Waals surface area contributed by atoms with E-state index in [2.05, 4.69) is 15.2 Å². The van der Waals surface area contributed by atoms with Crippen LogP contribution in [0.1, 0.15) is 23.3 Å². The van der Waals surface area contributed by atoms with E-state index in [-0.39, 0.29) is 11.8 Å². The molecular weight excluding hydrogens is 364 g/mol. The molecule has 0 saturated carbocycles. The number of nitrogens with zero attached hydrogens (tertiary/aromatic N) is 3. The van der Waals surface area contributed by atoms with Gasteiger partial charge in [-0.25, -0.2) is 4.98 Å². The smallest absolute Gasteiger partial charge is 0.272 e. The van der Waals surface area contributed by atoms with Gasteiger partial charge in [-0.1, -0.05) is 42.5 Å². The molecule has 1 spiro atoms. The number of para-hydroxylation sites is 2. The van der Waals surface area contributed by atoms with Crippen LogP contribution in [0.4, 0.5) is 5.69 Å². The van der Waals surface area contributed by atoms with Crippen molar-refractivity contribution in [2.24, 2.45) is 0 Å². The zero-order chi connectivity index (χ0) is 19.8. The zero-order valence-electron chi connectivity index (χ0n) is 16.0. The first-order chi connectivity index (χ1) is 14.2. The molecule has 146 valence electrons. The van der Waals surface area contributed by atoms with E-state index in [1.807, 2.05) is 65.6 Å². The van der Waals surface area contributed by atoms with E-state index < -0.39 is 5.54 Å². The lowest BCUT2D eigenvalue weighted by atomic mass is 9.85. The Bertz CT molecular complexity index is 1070. The number of likely N-dealkylation sites (tertiary alicyclic amines) is 1. The Labute approximate surface area is 169 Å². The van der Waals surface area contributed by atoms with Gasteiger partial charge >= 0.3 is 0 Å². The van der Waals surface area contributed by atoms with Gasteiger partial charge in [0.2, 0.25) is 5.91 Å². The lowest BCUT2D eigenvalue weighted by Crippen LogP contribution is -2.57. The summed E-state index contributed by atoms with van der Waals surface area (Å²) in [4.78, 5) is 34.3. The van der Waals surface area contributed by atoms with Crippen LogP contribution in [0.3, 0.4) is 0 Å². The lowest BCUT2D eigenvalue weighted by Gasteiger charge is -2.43. The SMILES string of the molecule is O=C(c1ccc2ccccc2n1)N1CCC2(CC1)C(=O)NCN2c1ccccc1. The van der Waals surface area contributed by atoms with Gasteiger partial charge in [0.25, 0.3) is 5.91 Å². The molecule has 29 heavy (non-hydrogen) atoms. The van der Waals surface area contributed by atoms with Crippen LogP contribution in [-0.2, 0) is 4.79 Å². The first kappa shape index (κ1) is 17.7. The molecular formula is C23H22N4O2. The predicted octanol–water partition coefficient (Wildman–Crippen LogP) is 2.80. The van der Waals surface area contributed by atoms with Gasteiger partial charge < -0.3 is 15.1 Å². The maximum Gasteiger partial charge on any atom is 0.272 e. The van der Waals surface area contributed by atoms with Gasteiger partial charge in [-0.15, -0.1) is 0 Å². The molecule has 6 nitrogen and oxygen atoms in total. The number of carbonyl (C=O) groups excluding carboxylic acids is 2. The number of piperidine rings is 1. The molecule has 3 heterocycles. The van der Waals surface area contributed by atoms with Crippen LogP contribution in [0.25, 0.3) is 10.9 Å². The highest BCUT2D eigenvalue weighted by Gasteiger charge is 2.50. The number of rotatable bonds is 2. The molecule has 1 N–H and O–H groups in total. The van der Waals surface area contributed by atoms with Gasteiger partial charge in [-0.3, -0.25) is 9.59 Å². The molecule has 0 bridgehead atoms. The van der Waals surface area contributed by atoms with Crippen LogP contribution in [0.2, 0.25) is 0 Å². The second-order valence-corrected chi connectivity index (χ2v) is 7.64. The molecule has 2 saturated heterocycles. The predicted molar refractivity (Wildman–Crippen MR) is 112 cm³/mol. The van der Waals surface area contributed by atoms with Crippen LogP contribution in [0.15, 0.2) is 66.7 Å². The Kier molecular flexibility index (Phi) is 4.19. The minimum absolute atomic E-state index is 0.0530. The van der Waals surface area contributed by atoms with E-state index in [9.17, 15) is 9.59 Å². The zero-order valence-corrected chi connectivity index (χ0v) is 16.0. The third kappa shape index (κ3) is 2.92. The van der Waals surface area contributed by atoms with Gasteiger partial charge in [0.05, 0.1) is 12.2 Å². The number of pyridine rings is 1. The van der Waals surface area contributed by atoms with Crippen LogP contribution in [0, 0.1) is 0 Å².